The van der Waals surface area contributed by atoms with Crippen LogP contribution >= 0.6 is 11.3 Å². The summed E-state index contributed by atoms with van der Waals surface area (Å²) in [4.78, 5) is 4.17. The van der Waals surface area contributed by atoms with Crippen molar-refractivity contribution in [3.63, 3.8) is 0 Å². The Kier molecular flexibility index (Phi) is 1.89. The average Bonchev–Trinajstić information content (AvgIpc) is 2.55. The van der Waals surface area contributed by atoms with E-state index in [2.05, 4.69) is 10.3 Å². The first-order chi connectivity index (χ1) is 5.38. The maximum atomic E-state index is 9.46. The van der Waals surface area contributed by atoms with Crippen LogP contribution in [0, 0.1) is 0 Å². The van der Waals surface area contributed by atoms with Crippen LogP contribution in [0.15, 0.2) is 11.6 Å². The Bertz CT molecular complexity index is 224. The third-order valence-corrected chi connectivity index (χ3v) is 2.86. The van der Waals surface area contributed by atoms with Gasteiger partial charge in [0, 0.05) is 24.7 Å². The van der Waals surface area contributed by atoms with E-state index in [-0.39, 0.29) is 12.0 Å². The van der Waals surface area contributed by atoms with Crippen molar-refractivity contribution in [2.24, 2.45) is 0 Å². The minimum atomic E-state index is -0.249. The number of nitrogens with one attached hydrogen (secondary N) is 1. The summed E-state index contributed by atoms with van der Waals surface area (Å²) >= 11 is 1.61. The van der Waals surface area contributed by atoms with Crippen LogP contribution in [0.1, 0.15) is 10.9 Å². The van der Waals surface area contributed by atoms with E-state index in [9.17, 15) is 5.11 Å². The van der Waals surface area contributed by atoms with Gasteiger partial charge in [0.15, 0.2) is 0 Å². The molecule has 0 spiro atoms. The lowest BCUT2D eigenvalue weighted by Crippen LogP contribution is -2.15. The second-order valence-corrected chi connectivity index (χ2v) is 3.63. The second-order valence-electron chi connectivity index (χ2n) is 2.70. The Morgan fingerprint density at radius 2 is 2.55 bits per heavy atom. The highest BCUT2D eigenvalue weighted by Crippen LogP contribution is 2.23. The zero-order chi connectivity index (χ0) is 7.68. The first kappa shape index (κ1) is 7.21. The third-order valence-electron chi connectivity index (χ3n) is 1.95. The molecule has 0 saturated carbocycles. The molecule has 2 rings (SSSR count). The Morgan fingerprint density at radius 3 is 3.09 bits per heavy atom. The summed E-state index contributed by atoms with van der Waals surface area (Å²) < 4.78 is 0. The summed E-state index contributed by atoms with van der Waals surface area (Å²) in [6.45, 7) is 1.55. The topological polar surface area (TPSA) is 45.1 Å². The fourth-order valence-corrected chi connectivity index (χ4v) is 2.13. The van der Waals surface area contributed by atoms with E-state index < -0.39 is 0 Å². The summed E-state index contributed by atoms with van der Waals surface area (Å²) in [7, 11) is 0. The van der Waals surface area contributed by atoms with Crippen molar-refractivity contribution in [1.29, 1.82) is 0 Å². The fourth-order valence-electron chi connectivity index (χ4n) is 1.33. The Hall–Kier alpha value is -0.450. The smallest absolute Gasteiger partial charge is 0.0995 e. The molecule has 2 atom stereocenters. The van der Waals surface area contributed by atoms with E-state index in [0.717, 1.165) is 11.6 Å². The van der Waals surface area contributed by atoms with Crippen LogP contribution in [0.25, 0.3) is 0 Å². The SMILES string of the molecule is OC1CNCC1c1nccs1. The van der Waals surface area contributed by atoms with Crippen molar-refractivity contribution < 1.29 is 5.11 Å². The zero-order valence-electron chi connectivity index (χ0n) is 6.03. The van der Waals surface area contributed by atoms with Crippen LogP contribution in [0.4, 0.5) is 0 Å². The molecule has 4 heteroatoms. The van der Waals surface area contributed by atoms with Gasteiger partial charge in [-0.15, -0.1) is 11.3 Å². The van der Waals surface area contributed by atoms with E-state index >= 15 is 0 Å². The number of aliphatic hydroxyl groups is 1. The zero-order valence-corrected chi connectivity index (χ0v) is 6.84. The number of aliphatic hydroxyl groups excluding tert-OH is 1. The lowest BCUT2D eigenvalue weighted by atomic mass is 10.1. The van der Waals surface area contributed by atoms with Gasteiger partial charge in [-0.25, -0.2) is 4.98 Å². The van der Waals surface area contributed by atoms with Gasteiger partial charge in [-0.05, 0) is 0 Å². The molecule has 2 unspecified atom stereocenters. The minimum Gasteiger partial charge on any atom is -0.391 e. The highest BCUT2D eigenvalue weighted by molar-refractivity contribution is 7.09. The van der Waals surface area contributed by atoms with Crippen molar-refractivity contribution in [2.45, 2.75) is 12.0 Å². The molecule has 1 saturated heterocycles. The molecule has 1 aliphatic heterocycles. The van der Waals surface area contributed by atoms with Crippen molar-refractivity contribution >= 4 is 11.3 Å². The third kappa shape index (κ3) is 1.29. The van der Waals surface area contributed by atoms with Crippen LogP contribution in [0.2, 0.25) is 0 Å². The van der Waals surface area contributed by atoms with Crippen LogP contribution in [-0.4, -0.2) is 29.3 Å². The highest BCUT2D eigenvalue weighted by atomic mass is 32.1. The normalized spacial score (nSPS) is 31.0. The summed E-state index contributed by atoms with van der Waals surface area (Å²) in [5, 5.41) is 15.6. The van der Waals surface area contributed by atoms with E-state index in [4.69, 9.17) is 0 Å². The predicted octanol–water partition coefficient (Wildman–Crippen LogP) is 0.191. The number of β-amino-alcohol motifs (C(OH)–C–C–N with tert-alkyl or cyclic N) is 1. The summed E-state index contributed by atoms with van der Waals surface area (Å²) in [6, 6.07) is 0. The molecule has 1 fully saturated rings. The summed E-state index contributed by atoms with van der Waals surface area (Å²) in [5.41, 5.74) is 0. The number of hydrogen-bond acceptors (Lipinski definition) is 4. The van der Waals surface area contributed by atoms with E-state index in [0.29, 0.717) is 6.54 Å². The largest absolute Gasteiger partial charge is 0.391 e. The number of thiazole rings is 1. The molecule has 1 aliphatic rings. The molecule has 0 bridgehead atoms. The second kappa shape index (κ2) is 2.89. The fraction of sp³-hybridized carbons (Fsp3) is 0.571. The maximum Gasteiger partial charge on any atom is 0.0995 e. The molecule has 60 valence electrons. The molecule has 0 radical (unpaired) electrons. The van der Waals surface area contributed by atoms with Crippen molar-refractivity contribution in [1.82, 2.24) is 10.3 Å². The van der Waals surface area contributed by atoms with Crippen LogP contribution in [0.5, 0.6) is 0 Å². The molecule has 1 aromatic heterocycles. The Labute approximate surface area is 69.1 Å². The van der Waals surface area contributed by atoms with Gasteiger partial charge in [0.05, 0.1) is 17.0 Å². The van der Waals surface area contributed by atoms with E-state index in [1.54, 1.807) is 17.5 Å². The van der Waals surface area contributed by atoms with Crippen molar-refractivity contribution in [2.75, 3.05) is 13.1 Å². The van der Waals surface area contributed by atoms with Gasteiger partial charge in [0.2, 0.25) is 0 Å². The van der Waals surface area contributed by atoms with Gasteiger partial charge in [-0.2, -0.15) is 0 Å². The number of rotatable bonds is 1. The molecule has 0 aliphatic carbocycles. The molecule has 11 heavy (non-hydrogen) atoms. The maximum absolute atomic E-state index is 9.46. The van der Waals surface area contributed by atoms with Gasteiger partial charge in [0.1, 0.15) is 0 Å². The van der Waals surface area contributed by atoms with Gasteiger partial charge < -0.3 is 10.4 Å². The van der Waals surface area contributed by atoms with Crippen LogP contribution < -0.4 is 5.32 Å². The van der Waals surface area contributed by atoms with Gasteiger partial charge >= 0.3 is 0 Å². The lowest BCUT2D eigenvalue weighted by Gasteiger charge is -2.08. The van der Waals surface area contributed by atoms with E-state index in [1.807, 2.05) is 5.38 Å². The van der Waals surface area contributed by atoms with Crippen LogP contribution in [0.3, 0.4) is 0 Å². The molecule has 0 amide bonds. The predicted molar refractivity (Wildman–Crippen MR) is 43.7 cm³/mol. The standard InChI is InChI=1S/C7H10N2OS/c10-6-4-8-3-5(6)7-9-1-2-11-7/h1-2,5-6,8,10H,3-4H2. The quantitative estimate of drug-likeness (QED) is 0.632. The average molecular weight is 170 g/mol. The molecular weight excluding hydrogens is 160 g/mol. The molecule has 3 nitrogen and oxygen atoms in total. The molecule has 2 N–H and O–H groups in total. The van der Waals surface area contributed by atoms with Gasteiger partial charge in [-0.3, -0.25) is 0 Å². The van der Waals surface area contributed by atoms with Crippen molar-refractivity contribution in [3.05, 3.63) is 16.6 Å². The number of aromatic nitrogens is 1. The monoisotopic (exact) mass is 170 g/mol. The lowest BCUT2D eigenvalue weighted by molar-refractivity contribution is 0.177. The van der Waals surface area contributed by atoms with E-state index in [1.165, 1.54) is 0 Å². The minimum absolute atomic E-state index is 0.218. The number of nitrogens with zero attached hydrogens (tertiary/aromatic N) is 1. The van der Waals surface area contributed by atoms with Crippen molar-refractivity contribution in [3.8, 4) is 0 Å². The van der Waals surface area contributed by atoms with Crippen LogP contribution in [-0.2, 0) is 0 Å². The summed E-state index contributed by atoms with van der Waals surface area (Å²) in [6.07, 6.45) is 1.53. The molecule has 0 aromatic carbocycles. The first-order valence-corrected chi connectivity index (χ1v) is 4.54. The first-order valence-electron chi connectivity index (χ1n) is 3.66. The van der Waals surface area contributed by atoms with Gasteiger partial charge in [0.25, 0.3) is 0 Å². The molecule has 1 aromatic rings. The Morgan fingerprint density at radius 1 is 1.64 bits per heavy atom. The number of hydrogen-bond donors (Lipinski definition) is 2. The molecule has 2 heterocycles. The Balaban J connectivity index is 2.16. The highest BCUT2D eigenvalue weighted by Gasteiger charge is 2.27. The summed E-state index contributed by atoms with van der Waals surface area (Å²) in [5.74, 6) is 0.218. The van der Waals surface area contributed by atoms with Gasteiger partial charge in [-0.1, -0.05) is 0 Å². The molecular formula is C7H10N2OS.